The molecule has 23 heavy (non-hydrogen) atoms. The van der Waals surface area contributed by atoms with Crippen molar-refractivity contribution in [3.8, 4) is 0 Å². The minimum Gasteiger partial charge on any atom is -0.368 e. The Labute approximate surface area is 135 Å². The number of nitrogens with zero attached hydrogens (tertiary/aromatic N) is 1. The lowest BCUT2D eigenvalue weighted by molar-refractivity contribution is 0.102. The lowest BCUT2D eigenvalue weighted by atomic mass is 10.1. The summed E-state index contributed by atoms with van der Waals surface area (Å²) in [5, 5.41) is 8.36. The van der Waals surface area contributed by atoms with Crippen molar-refractivity contribution in [2.45, 2.75) is 19.9 Å². The molecule has 0 radical (unpaired) electrons. The van der Waals surface area contributed by atoms with Crippen molar-refractivity contribution in [3.63, 3.8) is 0 Å². The molecule has 0 fully saturated rings. The smallest absolute Gasteiger partial charge is 0.257 e. The molecular formula is C19H19N3O. The second kappa shape index (κ2) is 6.48. The van der Waals surface area contributed by atoms with Gasteiger partial charge >= 0.3 is 0 Å². The summed E-state index contributed by atoms with van der Waals surface area (Å²) in [5.41, 5.74) is 1.31. The highest BCUT2D eigenvalue weighted by Gasteiger charge is 2.07. The molecule has 0 unspecified atom stereocenters. The number of pyridine rings is 1. The van der Waals surface area contributed by atoms with Gasteiger partial charge in [0.05, 0.1) is 5.56 Å². The molecule has 2 N–H and O–H groups in total. The zero-order valence-corrected chi connectivity index (χ0v) is 13.2. The normalized spacial score (nSPS) is 10.7. The number of rotatable bonds is 4. The molecule has 0 bridgehead atoms. The quantitative estimate of drug-likeness (QED) is 0.755. The first-order chi connectivity index (χ1) is 11.1. The van der Waals surface area contributed by atoms with E-state index in [0.29, 0.717) is 11.6 Å². The predicted octanol–water partition coefficient (Wildman–Crippen LogP) is 4.31. The van der Waals surface area contributed by atoms with Crippen LogP contribution in [0, 0.1) is 0 Å². The average molecular weight is 305 g/mol. The molecule has 116 valence electrons. The highest BCUT2D eigenvalue weighted by atomic mass is 16.1. The standard InChI is InChI=1S/C19H19N3O/c1-13(2)21-18-10-8-16(12-20-18)19(23)22-17-9-7-14-5-3-4-6-15(14)11-17/h3-13H,1-2H3,(H,20,21)(H,22,23). The molecular weight excluding hydrogens is 286 g/mol. The molecule has 0 saturated carbocycles. The number of carbonyl (C=O) groups is 1. The van der Waals surface area contributed by atoms with Gasteiger partial charge in [-0.05, 0) is 48.9 Å². The zero-order valence-electron chi connectivity index (χ0n) is 13.2. The van der Waals surface area contributed by atoms with E-state index in [9.17, 15) is 4.79 Å². The molecule has 2 aromatic carbocycles. The van der Waals surface area contributed by atoms with Gasteiger partial charge in [0, 0.05) is 17.9 Å². The third-order valence-corrected chi connectivity index (χ3v) is 3.47. The number of carbonyl (C=O) groups excluding carboxylic acids is 1. The van der Waals surface area contributed by atoms with E-state index in [1.54, 1.807) is 12.3 Å². The van der Waals surface area contributed by atoms with Crippen molar-refractivity contribution in [3.05, 3.63) is 66.4 Å². The molecule has 0 saturated heterocycles. The number of hydrogen-bond acceptors (Lipinski definition) is 3. The number of fused-ring (bicyclic) bond motifs is 1. The van der Waals surface area contributed by atoms with Crippen LogP contribution < -0.4 is 10.6 Å². The first kappa shape index (κ1) is 15.0. The van der Waals surface area contributed by atoms with Gasteiger partial charge in [-0.2, -0.15) is 0 Å². The van der Waals surface area contributed by atoms with Gasteiger partial charge in [0.25, 0.3) is 5.91 Å². The molecule has 0 spiro atoms. The lowest BCUT2D eigenvalue weighted by Crippen LogP contribution is -2.14. The van der Waals surface area contributed by atoms with Crippen LogP contribution in [0.3, 0.4) is 0 Å². The Morgan fingerprint density at radius 1 is 1.00 bits per heavy atom. The SMILES string of the molecule is CC(C)Nc1ccc(C(=O)Nc2ccc3ccccc3c2)cn1. The Morgan fingerprint density at radius 2 is 1.78 bits per heavy atom. The van der Waals surface area contributed by atoms with Crippen molar-refractivity contribution in [2.24, 2.45) is 0 Å². The van der Waals surface area contributed by atoms with Gasteiger partial charge in [0.15, 0.2) is 0 Å². The molecule has 3 rings (SSSR count). The summed E-state index contributed by atoms with van der Waals surface area (Å²) in [5.74, 6) is 0.603. The molecule has 0 atom stereocenters. The Kier molecular flexibility index (Phi) is 4.24. The van der Waals surface area contributed by atoms with Crippen LogP contribution in [0.4, 0.5) is 11.5 Å². The number of anilines is 2. The minimum atomic E-state index is -0.163. The Bertz CT molecular complexity index is 825. The van der Waals surface area contributed by atoms with Crippen LogP contribution in [0.5, 0.6) is 0 Å². The summed E-state index contributed by atoms with van der Waals surface area (Å²) in [7, 11) is 0. The molecule has 4 heteroatoms. The summed E-state index contributed by atoms with van der Waals surface area (Å²) in [4.78, 5) is 16.6. The Hall–Kier alpha value is -2.88. The Balaban J connectivity index is 1.74. The van der Waals surface area contributed by atoms with E-state index < -0.39 is 0 Å². The monoisotopic (exact) mass is 305 g/mol. The first-order valence-electron chi connectivity index (χ1n) is 7.64. The Morgan fingerprint density at radius 3 is 2.48 bits per heavy atom. The lowest BCUT2D eigenvalue weighted by Gasteiger charge is -2.10. The number of nitrogens with one attached hydrogen (secondary N) is 2. The summed E-state index contributed by atoms with van der Waals surface area (Å²) in [6.45, 7) is 4.09. The summed E-state index contributed by atoms with van der Waals surface area (Å²) in [6, 6.07) is 17.8. The van der Waals surface area contributed by atoms with Crippen LogP contribution in [0.15, 0.2) is 60.8 Å². The minimum absolute atomic E-state index is 0.163. The van der Waals surface area contributed by atoms with Crippen molar-refractivity contribution >= 4 is 28.2 Å². The topological polar surface area (TPSA) is 54.0 Å². The maximum absolute atomic E-state index is 12.3. The van der Waals surface area contributed by atoms with Gasteiger partial charge < -0.3 is 10.6 Å². The van der Waals surface area contributed by atoms with Crippen molar-refractivity contribution in [1.82, 2.24) is 4.98 Å². The van der Waals surface area contributed by atoms with E-state index in [1.165, 1.54) is 0 Å². The molecule has 0 aliphatic heterocycles. The maximum Gasteiger partial charge on any atom is 0.257 e. The molecule has 1 heterocycles. The van der Waals surface area contributed by atoms with E-state index in [1.807, 2.05) is 62.4 Å². The van der Waals surface area contributed by atoms with Gasteiger partial charge in [-0.15, -0.1) is 0 Å². The van der Waals surface area contributed by atoms with E-state index in [-0.39, 0.29) is 5.91 Å². The van der Waals surface area contributed by atoms with E-state index in [0.717, 1.165) is 22.3 Å². The fourth-order valence-electron chi connectivity index (χ4n) is 2.38. The van der Waals surface area contributed by atoms with Crippen LogP contribution >= 0.6 is 0 Å². The van der Waals surface area contributed by atoms with Gasteiger partial charge in [0.2, 0.25) is 0 Å². The summed E-state index contributed by atoms with van der Waals surface area (Å²) in [6.07, 6.45) is 1.58. The van der Waals surface area contributed by atoms with E-state index >= 15 is 0 Å². The average Bonchev–Trinajstić information content (AvgIpc) is 2.55. The summed E-state index contributed by atoms with van der Waals surface area (Å²) < 4.78 is 0. The number of benzene rings is 2. The van der Waals surface area contributed by atoms with Crippen molar-refractivity contribution in [2.75, 3.05) is 10.6 Å². The molecule has 0 aliphatic rings. The zero-order chi connectivity index (χ0) is 16.2. The van der Waals surface area contributed by atoms with Crippen LogP contribution in [-0.4, -0.2) is 16.9 Å². The second-order valence-corrected chi connectivity index (χ2v) is 5.75. The van der Waals surface area contributed by atoms with Crippen LogP contribution in [0.25, 0.3) is 10.8 Å². The van der Waals surface area contributed by atoms with Crippen molar-refractivity contribution < 1.29 is 4.79 Å². The summed E-state index contributed by atoms with van der Waals surface area (Å²) >= 11 is 0. The number of amides is 1. The largest absolute Gasteiger partial charge is 0.368 e. The highest BCUT2D eigenvalue weighted by molar-refractivity contribution is 6.05. The third-order valence-electron chi connectivity index (χ3n) is 3.47. The molecule has 4 nitrogen and oxygen atoms in total. The first-order valence-corrected chi connectivity index (χ1v) is 7.64. The molecule has 1 aromatic heterocycles. The highest BCUT2D eigenvalue weighted by Crippen LogP contribution is 2.19. The fourth-order valence-corrected chi connectivity index (χ4v) is 2.38. The fraction of sp³-hybridized carbons (Fsp3) is 0.158. The predicted molar refractivity (Wildman–Crippen MR) is 94.9 cm³/mol. The molecule has 0 aliphatic carbocycles. The van der Waals surface area contributed by atoms with Gasteiger partial charge in [-0.25, -0.2) is 4.98 Å². The van der Waals surface area contributed by atoms with Gasteiger partial charge in [-0.1, -0.05) is 30.3 Å². The van der Waals surface area contributed by atoms with Crippen LogP contribution in [-0.2, 0) is 0 Å². The van der Waals surface area contributed by atoms with Gasteiger partial charge in [-0.3, -0.25) is 4.79 Å². The number of hydrogen-bond donors (Lipinski definition) is 2. The van der Waals surface area contributed by atoms with Crippen molar-refractivity contribution in [1.29, 1.82) is 0 Å². The molecule has 1 amide bonds. The third kappa shape index (κ3) is 3.66. The maximum atomic E-state index is 12.3. The van der Waals surface area contributed by atoms with Crippen LogP contribution in [0.2, 0.25) is 0 Å². The van der Waals surface area contributed by atoms with Gasteiger partial charge in [0.1, 0.15) is 5.82 Å². The van der Waals surface area contributed by atoms with E-state index in [4.69, 9.17) is 0 Å². The second-order valence-electron chi connectivity index (χ2n) is 5.75. The van der Waals surface area contributed by atoms with E-state index in [2.05, 4.69) is 15.6 Å². The van der Waals surface area contributed by atoms with Crippen LogP contribution in [0.1, 0.15) is 24.2 Å². The molecule has 3 aromatic rings. The number of aromatic nitrogens is 1.